The molecular weight excluding hydrogens is 368 g/mol. The van der Waals surface area contributed by atoms with Gasteiger partial charge in [0.25, 0.3) is 0 Å². The number of hydrogen-bond donors (Lipinski definition) is 0. The van der Waals surface area contributed by atoms with Gasteiger partial charge in [-0.3, -0.25) is 0 Å². The van der Waals surface area contributed by atoms with Crippen LogP contribution in [0.5, 0.6) is 0 Å². The minimum absolute atomic E-state index is 1.12. The lowest BCUT2D eigenvalue weighted by molar-refractivity contribution is 1.40. The first kappa shape index (κ1) is 16.1. The molecule has 0 aliphatic heterocycles. The molecule has 0 atom stereocenters. The average Bonchev–Trinajstić information content (AvgIpc) is 2.62. The van der Waals surface area contributed by atoms with Crippen LogP contribution >= 0.6 is 15.9 Å². The van der Waals surface area contributed by atoms with Gasteiger partial charge in [0, 0.05) is 4.47 Å². The largest absolute Gasteiger partial charge is 0.0620 e. The molecule has 0 aliphatic rings. The minimum atomic E-state index is 1.12. The molecule has 0 saturated heterocycles. The Kier molecular flexibility index (Phi) is 4.19. The van der Waals surface area contributed by atoms with Crippen molar-refractivity contribution >= 4 is 26.7 Å². The van der Waals surface area contributed by atoms with E-state index < -0.39 is 0 Å². The molecule has 122 valence electrons. The van der Waals surface area contributed by atoms with Crippen molar-refractivity contribution in [2.24, 2.45) is 0 Å². The summed E-state index contributed by atoms with van der Waals surface area (Å²) >= 11 is 3.55. The van der Waals surface area contributed by atoms with E-state index in [0.29, 0.717) is 0 Å². The third-order valence-electron chi connectivity index (χ3n) is 4.88. The molecule has 0 amide bonds. The van der Waals surface area contributed by atoms with E-state index in [-0.39, 0.29) is 0 Å². The number of hydrogen-bond acceptors (Lipinski definition) is 0. The van der Waals surface area contributed by atoms with E-state index in [1.54, 1.807) is 0 Å². The zero-order valence-electron chi connectivity index (χ0n) is 14.4. The standard InChI is InChI=1S/C24H19Br/c1-16-6-3-4-7-22(16)24-9-5-8-23(17(24)2)20-11-10-19-15-21(25)13-12-18(19)14-20/h3-15H,1-2H3. The minimum Gasteiger partial charge on any atom is -0.0620 e. The molecule has 0 aliphatic carbocycles. The summed E-state index contributed by atoms with van der Waals surface area (Å²) in [5.74, 6) is 0. The van der Waals surface area contributed by atoms with Gasteiger partial charge >= 0.3 is 0 Å². The predicted molar refractivity (Wildman–Crippen MR) is 112 cm³/mol. The van der Waals surface area contributed by atoms with Crippen molar-refractivity contribution in [3.05, 3.63) is 94.5 Å². The van der Waals surface area contributed by atoms with Crippen LogP contribution in [-0.4, -0.2) is 0 Å². The van der Waals surface area contributed by atoms with Crippen LogP contribution in [0.2, 0.25) is 0 Å². The lowest BCUT2D eigenvalue weighted by atomic mass is 9.90. The predicted octanol–water partition coefficient (Wildman–Crippen LogP) is 7.55. The average molecular weight is 387 g/mol. The van der Waals surface area contributed by atoms with E-state index in [0.717, 1.165) is 4.47 Å². The lowest BCUT2D eigenvalue weighted by Gasteiger charge is -2.14. The van der Waals surface area contributed by atoms with Gasteiger partial charge in [0.15, 0.2) is 0 Å². The monoisotopic (exact) mass is 386 g/mol. The van der Waals surface area contributed by atoms with Crippen molar-refractivity contribution < 1.29 is 0 Å². The molecule has 0 bridgehead atoms. The number of aryl methyl sites for hydroxylation is 1. The zero-order valence-corrected chi connectivity index (χ0v) is 16.0. The number of rotatable bonds is 2. The van der Waals surface area contributed by atoms with Gasteiger partial charge in [-0.1, -0.05) is 76.6 Å². The summed E-state index contributed by atoms with van der Waals surface area (Å²) in [6.45, 7) is 4.40. The summed E-state index contributed by atoms with van der Waals surface area (Å²) in [4.78, 5) is 0. The highest BCUT2D eigenvalue weighted by atomic mass is 79.9. The molecule has 25 heavy (non-hydrogen) atoms. The number of fused-ring (bicyclic) bond motifs is 1. The van der Waals surface area contributed by atoms with E-state index in [4.69, 9.17) is 0 Å². The summed E-state index contributed by atoms with van der Waals surface area (Å²) in [7, 11) is 0. The van der Waals surface area contributed by atoms with Crippen LogP contribution < -0.4 is 0 Å². The molecule has 4 aromatic rings. The third kappa shape index (κ3) is 3.01. The van der Waals surface area contributed by atoms with Gasteiger partial charge in [0.05, 0.1) is 0 Å². The maximum atomic E-state index is 3.55. The second-order valence-electron chi connectivity index (χ2n) is 6.50. The Morgan fingerprint density at radius 1 is 0.600 bits per heavy atom. The first-order chi connectivity index (χ1) is 12.1. The summed E-state index contributed by atoms with van der Waals surface area (Å²) < 4.78 is 1.12. The normalized spacial score (nSPS) is 11.0. The van der Waals surface area contributed by atoms with Crippen molar-refractivity contribution in [1.82, 2.24) is 0 Å². The van der Waals surface area contributed by atoms with Gasteiger partial charge in [0.2, 0.25) is 0 Å². The topological polar surface area (TPSA) is 0 Å². The van der Waals surface area contributed by atoms with E-state index in [9.17, 15) is 0 Å². The third-order valence-corrected chi connectivity index (χ3v) is 5.38. The number of benzene rings is 4. The second kappa shape index (κ2) is 6.50. The number of halogens is 1. The maximum Gasteiger partial charge on any atom is 0.0181 e. The highest BCUT2D eigenvalue weighted by Gasteiger charge is 2.10. The van der Waals surface area contributed by atoms with Crippen molar-refractivity contribution in [1.29, 1.82) is 0 Å². The molecule has 0 saturated carbocycles. The molecule has 0 radical (unpaired) electrons. The molecule has 4 rings (SSSR count). The first-order valence-corrected chi connectivity index (χ1v) is 9.28. The van der Waals surface area contributed by atoms with Gasteiger partial charge in [-0.05, 0) is 76.2 Å². The molecule has 0 heterocycles. The lowest BCUT2D eigenvalue weighted by Crippen LogP contribution is -1.90. The fraction of sp³-hybridized carbons (Fsp3) is 0.0833. The van der Waals surface area contributed by atoms with Crippen LogP contribution in [0.25, 0.3) is 33.0 Å². The summed E-state index contributed by atoms with van der Waals surface area (Å²) in [5, 5.41) is 2.52. The Hall–Kier alpha value is -2.38. The summed E-state index contributed by atoms with van der Waals surface area (Å²) in [6, 6.07) is 28.3. The van der Waals surface area contributed by atoms with E-state index >= 15 is 0 Å². The van der Waals surface area contributed by atoms with Gasteiger partial charge in [-0.2, -0.15) is 0 Å². The van der Waals surface area contributed by atoms with Gasteiger partial charge in [-0.25, -0.2) is 0 Å². The van der Waals surface area contributed by atoms with Crippen molar-refractivity contribution in [2.75, 3.05) is 0 Å². The quantitative estimate of drug-likeness (QED) is 0.333. The van der Waals surface area contributed by atoms with Crippen LogP contribution in [0.15, 0.2) is 83.3 Å². The van der Waals surface area contributed by atoms with Gasteiger partial charge < -0.3 is 0 Å². The van der Waals surface area contributed by atoms with Crippen molar-refractivity contribution in [3.63, 3.8) is 0 Å². The first-order valence-electron chi connectivity index (χ1n) is 8.49. The van der Waals surface area contributed by atoms with E-state index in [1.165, 1.54) is 44.2 Å². The zero-order chi connectivity index (χ0) is 17.4. The molecule has 4 aromatic carbocycles. The van der Waals surface area contributed by atoms with Crippen LogP contribution in [0, 0.1) is 13.8 Å². The Bertz CT molecular complexity index is 1080. The molecule has 0 fully saturated rings. The summed E-state index contributed by atoms with van der Waals surface area (Å²) in [6.07, 6.45) is 0. The molecule has 0 spiro atoms. The Balaban J connectivity index is 1.88. The molecule has 1 heteroatoms. The van der Waals surface area contributed by atoms with Crippen molar-refractivity contribution in [2.45, 2.75) is 13.8 Å². The fourth-order valence-corrected chi connectivity index (χ4v) is 3.88. The Morgan fingerprint density at radius 2 is 1.28 bits per heavy atom. The SMILES string of the molecule is Cc1ccccc1-c1cccc(-c2ccc3cc(Br)ccc3c2)c1C. The fourth-order valence-electron chi connectivity index (χ4n) is 3.50. The van der Waals surface area contributed by atoms with Crippen molar-refractivity contribution in [3.8, 4) is 22.3 Å². The molecule has 0 aromatic heterocycles. The van der Waals surface area contributed by atoms with E-state index in [2.05, 4.69) is 109 Å². The summed E-state index contributed by atoms with van der Waals surface area (Å²) in [5.41, 5.74) is 7.82. The highest BCUT2D eigenvalue weighted by molar-refractivity contribution is 9.10. The van der Waals surface area contributed by atoms with Crippen LogP contribution in [0.4, 0.5) is 0 Å². The van der Waals surface area contributed by atoms with Crippen LogP contribution in [0.3, 0.4) is 0 Å². The Morgan fingerprint density at radius 3 is 2.12 bits per heavy atom. The van der Waals surface area contributed by atoms with E-state index in [1.807, 2.05) is 0 Å². The van der Waals surface area contributed by atoms with Gasteiger partial charge in [-0.15, -0.1) is 0 Å². The molecule has 0 nitrogen and oxygen atoms in total. The second-order valence-corrected chi connectivity index (χ2v) is 7.41. The highest BCUT2D eigenvalue weighted by Crippen LogP contribution is 2.34. The Labute approximate surface area is 157 Å². The molecular formula is C24H19Br. The van der Waals surface area contributed by atoms with Gasteiger partial charge in [0.1, 0.15) is 0 Å². The van der Waals surface area contributed by atoms with Crippen LogP contribution in [0.1, 0.15) is 11.1 Å². The molecule has 0 unspecified atom stereocenters. The molecule has 0 N–H and O–H groups in total. The smallest absolute Gasteiger partial charge is 0.0181 e. The maximum absolute atomic E-state index is 3.55. The van der Waals surface area contributed by atoms with Crippen LogP contribution in [-0.2, 0) is 0 Å².